The number of hydrogen-bond donors (Lipinski definition) is 1. The van der Waals surface area contributed by atoms with Gasteiger partial charge in [0.05, 0.1) is 24.8 Å². The van der Waals surface area contributed by atoms with E-state index in [4.69, 9.17) is 15.7 Å². The van der Waals surface area contributed by atoms with Crippen LogP contribution in [0.25, 0.3) is 0 Å². The number of nitrogens with zero attached hydrogens (tertiary/aromatic N) is 3. The molecule has 1 amide bonds. The van der Waals surface area contributed by atoms with Crippen molar-refractivity contribution < 1.29 is 18.3 Å². The minimum atomic E-state index is -1.50. The molecular weight excluding hydrogens is 494 g/mol. The van der Waals surface area contributed by atoms with Crippen LogP contribution in [0.3, 0.4) is 0 Å². The highest BCUT2D eigenvalue weighted by Gasteiger charge is 2.67. The molecular formula is C28H24F2N4O2S. The smallest absolute Gasteiger partial charge is 0.246 e. The van der Waals surface area contributed by atoms with Crippen LogP contribution in [-0.4, -0.2) is 53.7 Å². The molecule has 2 N–H and O–H groups in total. The largest absolute Gasteiger partial charge is 0.378 e. The molecule has 2 heterocycles. The number of morpholine rings is 1. The van der Waals surface area contributed by atoms with Gasteiger partial charge in [0.1, 0.15) is 18.0 Å². The Hall–Kier alpha value is -3.66. The molecule has 2 aliphatic heterocycles. The minimum Gasteiger partial charge on any atom is -0.378 e. The van der Waals surface area contributed by atoms with Crippen molar-refractivity contribution in [1.82, 2.24) is 4.90 Å². The number of amides is 1. The molecule has 5 rings (SSSR count). The highest BCUT2D eigenvalue weighted by atomic mass is 32.2. The van der Waals surface area contributed by atoms with Crippen molar-refractivity contribution >= 4 is 22.8 Å². The molecule has 1 saturated heterocycles. The van der Waals surface area contributed by atoms with E-state index in [-0.39, 0.29) is 22.6 Å². The van der Waals surface area contributed by atoms with Gasteiger partial charge in [-0.15, -0.1) is 0 Å². The topological polar surface area (TPSA) is 91.7 Å². The summed E-state index contributed by atoms with van der Waals surface area (Å²) in [5.74, 6) is 4.89. The molecule has 2 aromatic carbocycles. The highest BCUT2D eigenvalue weighted by molar-refractivity contribution is 8.15. The lowest BCUT2D eigenvalue weighted by Gasteiger charge is -2.34. The van der Waals surface area contributed by atoms with E-state index in [0.29, 0.717) is 49.4 Å². The number of halogens is 2. The Kier molecular flexibility index (Phi) is 6.76. The number of carbonyl (C=O) groups is 1. The van der Waals surface area contributed by atoms with Gasteiger partial charge >= 0.3 is 0 Å². The lowest BCUT2D eigenvalue weighted by Crippen LogP contribution is -2.41. The molecule has 1 aliphatic carbocycles. The van der Waals surface area contributed by atoms with Crippen molar-refractivity contribution in [3.8, 4) is 17.9 Å². The number of rotatable bonds is 4. The molecule has 1 saturated carbocycles. The molecule has 2 fully saturated rings. The summed E-state index contributed by atoms with van der Waals surface area (Å²) in [7, 11) is 0. The molecule has 37 heavy (non-hydrogen) atoms. The first-order chi connectivity index (χ1) is 17.9. The molecule has 3 atom stereocenters. The first kappa shape index (κ1) is 25.0. The molecule has 0 aromatic heterocycles. The van der Waals surface area contributed by atoms with Crippen LogP contribution in [0.1, 0.15) is 28.7 Å². The monoisotopic (exact) mass is 518 g/mol. The van der Waals surface area contributed by atoms with E-state index in [1.165, 1.54) is 36.0 Å². The summed E-state index contributed by atoms with van der Waals surface area (Å²) in [5.41, 5.74) is 6.47. The maximum absolute atomic E-state index is 15.2. The van der Waals surface area contributed by atoms with E-state index in [1.54, 1.807) is 35.2 Å². The van der Waals surface area contributed by atoms with Gasteiger partial charge in [0.25, 0.3) is 0 Å². The molecule has 9 heteroatoms. The number of amidine groups is 1. The average Bonchev–Trinajstić information content (AvgIpc) is 3.66. The quantitative estimate of drug-likeness (QED) is 0.494. The second-order valence-electron chi connectivity index (χ2n) is 9.23. The zero-order valence-electron chi connectivity index (χ0n) is 19.9. The normalized spacial score (nSPS) is 26.5. The number of nitrogens with two attached hydrogens (primary N) is 1. The first-order valence-corrected chi connectivity index (χ1v) is 12.7. The Morgan fingerprint density at radius 2 is 1.86 bits per heavy atom. The van der Waals surface area contributed by atoms with Gasteiger partial charge in [-0.3, -0.25) is 4.79 Å². The lowest BCUT2D eigenvalue weighted by molar-refractivity contribution is -0.130. The highest BCUT2D eigenvalue weighted by Crippen LogP contribution is 2.66. The zero-order valence-corrected chi connectivity index (χ0v) is 20.7. The molecule has 0 spiro atoms. The van der Waals surface area contributed by atoms with Crippen LogP contribution in [0.5, 0.6) is 0 Å². The van der Waals surface area contributed by atoms with Crippen molar-refractivity contribution in [1.29, 1.82) is 5.26 Å². The first-order valence-electron chi connectivity index (χ1n) is 11.9. The van der Waals surface area contributed by atoms with Gasteiger partial charge < -0.3 is 15.4 Å². The molecule has 6 nitrogen and oxygen atoms in total. The van der Waals surface area contributed by atoms with E-state index < -0.39 is 22.8 Å². The number of thioether (sulfide) groups is 1. The Morgan fingerprint density at radius 1 is 1.19 bits per heavy atom. The number of aliphatic imine (C=N–C) groups is 1. The molecule has 0 unspecified atom stereocenters. The molecule has 0 bridgehead atoms. The van der Waals surface area contributed by atoms with Crippen molar-refractivity contribution in [3.63, 3.8) is 0 Å². The summed E-state index contributed by atoms with van der Waals surface area (Å²) in [6.45, 7) is 1.10. The number of hydrogen-bond acceptors (Lipinski definition) is 6. The van der Waals surface area contributed by atoms with Gasteiger partial charge in [-0.05, 0) is 48.9 Å². The van der Waals surface area contributed by atoms with Crippen molar-refractivity contribution in [3.05, 3.63) is 82.7 Å². The maximum atomic E-state index is 15.2. The summed E-state index contributed by atoms with van der Waals surface area (Å²) >= 11 is 1.29. The second kappa shape index (κ2) is 10.0. The average molecular weight is 519 g/mol. The van der Waals surface area contributed by atoms with E-state index in [1.807, 2.05) is 0 Å². The predicted molar refractivity (Wildman–Crippen MR) is 138 cm³/mol. The van der Waals surface area contributed by atoms with Crippen molar-refractivity contribution in [2.45, 2.75) is 16.7 Å². The SMILES string of the molecule is N#Cc1ccc(C#Cc2ccc(F)c([C@@]3(CF)N=C(N)S[C@@]4(/C=C/C(=O)N5CCOCC5)C[C@H]43)c2)cc1. The Labute approximate surface area is 218 Å². The van der Waals surface area contributed by atoms with Gasteiger partial charge in [0.15, 0.2) is 5.17 Å². The van der Waals surface area contributed by atoms with E-state index >= 15 is 4.39 Å². The van der Waals surface area contributed by atoms with Crippen LogP contribution < -0.4 is 5.73 Å². The molecule has 0 radical (unpaired) electrons. The van der Waals surface area contributed by atoms with E-state index in [9.17, 15) is 9.18 Å². The Bertz CT molecular complexity index is 1390. The van der Waals surface area contributed by atoms with Gasteiger partial charge in [0, 0.05) is 46.5 Å². The fourth-order valence-electron chi connectivity index (χ4n) is 4.91. The van der Waals surface area contributed by atoms with Gasteiger partial charge in [-0.25, -0.2) is 13.8 Å². The van der Waals surface area contributed by atoms with E-state index in [0.717, 1.165) is 0 Å². The van der Waals surface area contributed by atoms with Gasteiger partial charge in [0.2, 0.25) is 5.91 Å². The third-order valence-corrected chi connectivity index (χ3v) is 8.23. The lowest BCUT2D eigenvalue weighted by atomic mass is 9.84. The van der Waals surface area contributed by atoms with Crippen LogP contribution in [0.15, 0.2) is 59.6 Å². The zero-order chi connectivity index (χ0) is 26.0. The number of benzene rings is 2. The van der Waals surface area contributed by atoms with Crippen LogP contribution in [0.4, 0.5) is 8.78 Å². The maximum Gasteiger partial charge on any atom is 0.246 e. The van der Waals surface area contributed by atoms with E-state index in [2.05, 4.69) is 22.9 Å². The van der Waals surface area contributed by atoms with Crippen LogP contribution in [0.2, 0.25) is 0 Å². The summed E-state index contributed by atoms with van der Waals surface area (Å²) < 4.78 is 34.7. The Morgan fingerprint density at radius 3 is 2.57 bits per heavy atom. The number of nitriles is 1. The summed E-state index contributed by atoms with van der Waals surface area (Å²) in [6, 6.07) is 13.2. The van der Waals surface area contributed by atoms with Crippen molar-refractivity contribution in [2.24, 2.45) is 16.6 Å². The fraction of sp³-hybridized carbons (Fsp3) is 0.321. The third-order valence-electron chi connectivity index (χ3n) is 6.97. The number of alkyl halides is 1. The number of carbonyl (C=O) groups excluding carboxylic acids is 1. The number of ether oxygens (including phenoxy) is 1. The summed E-state index contributed by atoms with van der Waals surface area (Å²) in [4.78, 5) is 18.8. The van der Waals surface area contributed by atoms with Crippen LogP contribution in [-0.2, 0) is 15.1 Å². The summed E-state index contributed by atoms with van der Waals surface area (Å²) in [6.07, 6.45) is 3.80. The Balaban J connectivity index is 1.44. The second-order valence-corrected chi connectivity index (χ2v) is 10.6. The summed E-state index contributed by atoms with van der Waals surface area (Å²) in [5, 5.41) is 9.10. The molecule has 3 aliphatic rings. The number of fused-ring (bicyclic) bond motifs is 1. The fourth-order valence-corrected chi connectivity index (χ4v) is 6.23. The minimum absolute atomic E-state index is 0.102. The molecule has 188 valence electrons. The predicted octanol–water partition coefficient (Wildman–Crippen LogP) is 3.50. The van der Waals surface area contributed by atoms with Crippen molar-refractivity contribution in [2.75, 3.05) is 33.0 Å². The standard InChI is InChI=1S/C28H24F2N4O2S/c29-18-28(22-15-20(7-8-23(22)30)4-1-19-2-5-21(17-31)6-3-19)24-16-27(24,37-26(32)33-28)10-9-25(35)34-11-13-36-14-12-34/h2-3,5-10,15,24H,11-14,16,18H2,(H2,32,33)/b10-9+/t24-,27+,28-/m1/s1. The van der Waals surface area contributed by atoms with Crippen LogP contribution >= 0.6 is 11.8 Å². The van der Waals surface area contributed by atoms with Crippen LogP contribution in [0, 0.1) is 34.9 Å². The van der Waals surface area contributed by atoms with Gasteiger partial charge in [-0.2, -0.15) is 5.26 Å². The van der Waals surface area contributed by atoms with Gasteiger partial charge in [-0.1, -0.05) is 29.7 Å². The molecule has 2 aromatic rings. The third kappa shape index (κ3) is 4.85.